The van der Waals surface area contributed by atoms with Crippen molar-refractivity contribution in [1.29, 1.82) is 0 Å². The smallest absolute Gasteiger partial charge is 0.00105 e. The van der Waals surface area contributed by atoms with Crippen LogP contribution in [-0.4, -0.2) is 6.04 Å². The third-order valence-electron chi connectivity index (χ3n) is 3.10. The molecule has 1 heteroatoms. The fraction of sp³-hybridized carbons (Fsp3) is 1.00. The van der Waals surface area contributed by atoms with Crippen molar-refractivity contribution in [3.05, 3.63) is 0 Å². The van der Waals surface area contributed by atoms with Crippen LogP contribution in [0.3, 0.4) is 0 Å². The Hall–Kier alpha value is -0.0400. The minimum absolute atomic E-state index is 0.397. The standard InChI is InChI=1S/C11H23N/c1-9(12)4-5-10-6-7-11(2,3)8-10/h9-10H,4-8,12H2,1-3H3/t9-,10?/m0/s1. The molecule has 0 radical (unpaired) electrons. The molecule has 0 spiro atoms. The molecule has 1 fully saturated rings. The SMILES string of the molecule is C[C@H](N)CCC1CCC(C)(C)C1. The van der Waals surface area contributed by atoms with E-state index in [9.17, 15) is 0 Å². The van der Waals surface area contributed by atoms with E-state index in [-0.39, 0.29) is 0 Å². The number of hydrogen-bond donors (Lipinski definition) is 1. The molecule has 1 nitrogen and oxygen atoms in total. The zero-order valence-electron chi connectivity index (χ0n) is 8.77. The Morgan fingerprint density at radius 3 is 2.58 bits per heavy atom. The van der Waals surface area contributed by atoms with Crippen molar-refractivity contribution in [2.24, 2.45) is 17.1 Å². The second-order valence-corrected chi connectivity index (χ2v) is 5.33. The van der Waals surface area contributed by atoms with Gasteiger partial charge < -0.3 is 5.73 Å². The molecule has 2 N–H and O–H groups in total. The van der Waals surface area contributed by atoms with Gasteiger partial charge in [-0.25, -0.2) is 0 Å². The highest BCUT2D eigenvalue weighted by molar-refractivity contribution is 4.82. The van der Waals surface area contributed by atoms with Crippen molar-refractivity contribution in [2.45, 2.75) is 58.9 Å². The van der Waals surface area contributed by atoms with Crippen molar-refractivity contribution in [2.75, 3.05) is 0 Å². The molecule has 1 unspecified atom stereocenters. The summed E-state index contributed by atoms with van der Waals surface area (Å²) in [6, 6.07) is 0.397. The van der Waals surface area contributed by atoms with Gasteiger partial charge in [0.15, 0.2) is 0 Å². The molecule has 0 saturated heterocycles. The minimum Gasteiger partial charge on any atom is -0.328 e. The third kappa shape index (κ3) is 3.14. The van der Waals surface area contributed by atoms with Crippen LogP contribution in [0.5, 0.6) is 0 Å². The highest BCUT2D eigenvalue weighted by Crippen LogP contribution is 2.42. The van der Waals surface area contributed by atoms with E-state index in [1.54, 1.807) is 0 Å². The van der Waals surface area contributed by atoms with Crippen LogP contribution in [0, 0.1) is 11.3 Å². The molecule has 1 saturated carbocycles. The van der Waals surface area contributed by atoms with E-state index in [0.717, 1.165) is 5.92 Å². The lowest BCUT2D eigenvalue weighted by Crippen LogP contribution is -2.16. The summed E-state index contributed by atoms with van der Waals surface area (Å²) < 4.78 is 0. The number of hydrogen-bond acceptors (Lipinski definition) is 1. The molecule has 1 rings (SSSR count). The lowest BCUT2D eigenvalue weighted by Gasteiger charge is -2.17. The van der Waals surface area contributed by atoms with Gasteiger partial charge in [-0.15, -0.1) is 0 Å². The summed E-state index contributed by atoms with van der Waals surface area (Å²) in [5.74, 6) is 0.964. The van der Waals surface area contributed by atoms with Gasteiger partial charge in [0.1, 0.15) is 0 Å². The Bertz CT molecular complexity index is 138. The molecule has 12 heavy (non-hydrogen) atoms. The van der Waals surface area contributed by atoms with Gasteiger partial charge in [0.05, 0.1) is 0 Å². The van der Waals surface area contributed by atoms with Crippen LogP contribution in [0.25, 0.3) is 0 Å². The molecule has 0 aromatic heterocycles. The largest absolute Gasteiger partial charge is 0.328 e. The van der Waals surface area contributed by atoms with Crippen LogP contribution < -0.4 is 5.73 Å². The summed E-state index contributed by atoms with van der Waals surface area (Å²) in [4.78, 5) is 0. The molecule has 1 aliphatic rings. The molecule has 72 valence electrons. The molecule has 1 aliphatic carbocycles. The maximum absolute atomic E-state index is 5.74. The maximum Gasteiger partial charge on any atom is 0.00105 e. The molecule has 0 heterocycles. The molecule has 0 bridgehead atoms. The molecule has 0 amide bonds. The Balaban J connectivity index is 2.20. The highest BCUT2D eigenvalue weighted by Gasteiger charge is 2.30. The van der Waals surface area contributed by atoms with Crippen molar-refractivity contribution >= 4 is 0 Å². The first-order chi connectivity index (χ1) is 5.49. The Labute approximate surface area is 76.7 Å². The Morgan fingerprint density at radius 2 is 2.17 bits per heavy atom. The van der Waals surface area contributed by atoms with Crippen molar-refractivity contribution in [1.82, 2.24) is 0 Å². The summed E-state index contributed by atoms with van der Waals surface area (Å²) >= 11 is 0. The van der Waals surface area contributed by atoms with Gasteiger partial charge in [-0.3, -0.25) is 0 Å². The van der Waals surface area contributed by atoms with Crippen molar-refractivity contribution in [3.63, 3.8) is 0 Å². The zero-order valence-corrected chi connectivity index (χ0v) is 8.77. The second kappa shape index (κ2) is 3.78. The van der Waals surface area contributed by atoms with E-state index in [4.69, 9.17) is 5.73 Å². The van der Waals surface area contributed by atoms with Gasteiger partial charge in [0, 0.05) is 6.04 Å². The van der Waals surface area contributed by atoms with Crippen molar-refractivity contribution < 1.29 is 0 Å². The topological polar surface area (TPSA) is 26.0 Å². The van der Waals surface area contributed by atoms with Crippen LogP contribution in [-0.2, 0) is 0 Å². The fourth-order valence-corrected chi connectivity index (χ4v) is 2.33. The first-order valence-electron chi connectivity index (χ1n) is 5.25. The van der Waals surface area contributed by atoms with Gasteiger partial charge >= 0.3 is 0 Å². The maximum atomic E-state index is 5.74. The monoisotopic (exact) mass is 169 g/mol. The van der Waals surface area contributed by atoms with E-state index < -0.39 is 0 Å². The molecule has 0 aliphatic heterocycles. The van der Waals surface area contributed by atoms with E-state index in [1.807, 2.05) is 0 Å². The van der Waals surface area contributed by atoms with Crippen LogP contribution in [0.2, 0.25) is 0 Å². The summed E-state index contributed by atoms with van der Waals surface area (Å²) in [5.41, 5.74) is 6.35. The predicted molar refractivity (Wildman–Crippen MR) is 54.0 cm³/mol. The molecule has 2 atom stereocenters. The number of rotatable bonds is 3. The van der Waals surface area contributed by atoms with Crippen LogP contribution >= 0.6 is 0 Å². The van der Waals surface area contributed by atoms with E-state index in [0.29, 0.717) is 11.5 Å². The van der Waals surface area contributed by atoms with E-state index in [1.165, 1.54) is 32.1 Å². The average molecular weight is 169 g/mol. The van der Waals surface area contributed by atoms with Crippen LogP contribution in [0.15, 0.2) is 0 Å². The first kappa shape index (κ1) is 10.0. The molecule has 0 aromatic rings. The quantitative estimate of drug-likeness (QED) is 0.690. The van der Waals surface area contributed by atoms with Crippen LogP contribution in [0.4, 0.5) is 0 Å². The van der Waals surface area contributed by atoms with Gasteiger partial charge in [-0.05, 0) is 50.4 Å². The highest BCUT2D eigenvalue weighted by atomic mass is 14.6. The first-order valence-corrected chi connectivity index (χ1v) is 5.25. The van der Waals surface area contributed by atoms with E-state index >= 15 is 0 Å². The van der Waals surface area contributed by atoms with Gasteiger partial charge in [-0.1, -0.05) is 13.8 Å². The molecular formula is C11H23N. The summed E-state index contributed by atoms with van der Waals surface area (Å²) in [6.07, 6.45) is 6.82. The van der Waals surface area contributed by atoms with Gasteiger partial charge in [-0.2, -0.15) is 0 Å². The summed E-state index contributed by atoms with van der Waals surface area (Å²) in [7, 11) is 0. The predicted octanol–water partition coefficient (Wildman–Crippen LogP) is 2.94. The zero-order chi connectivity index (χ0) is 9.19. The van der Waals surface area contributed by atoms with Crippen molar-refractivity contribution in [3.8, 4) is 0 Å². The van der Waals surface area contributed by atoms with Gasteiger partial charge in [0.25, 0.3) is 0 Å². The fourth-order valence-electron chi connectivity index (χ4n) is 2.33. The Kier molecular flexibility index (Phi) is 3.16. The lowest BCUT2D eigenvalue weighted by atomic mass is 9.89. The number of nitrogens with two attached hydrogens (primary N) is 1. The normalized spacial score (nSPS) is 30.5. The third-order valence-corrected chi connectivity index (χ3v) is 3.10. The summed E-state index contributed by atoms with van der Waals surface area (Å²) in [6.45, 7) is 6.89. The average Bonchev–Trinajstić information content (AvgIpc) is 2.26. The second-order valence-electron chi connectivity index (χ2n) is 5.33. The molecular weight excluding hydrogens is 146 g/mol. The minimum atomic E-state index is 0.397. The lowest BCUT2D eigenvalue weighted by molar-refractivity contribution is 0.348. The Morgan fingerprint density at radius 1 is 1.50 bits per heavy atom. The molecule has 0 aromatic carbocycles. The van der Waals surface area contributed by atoms with E-state index in [2.05, 4.69) is 20.8 Å². The van der Waals surface area contributed by atoms with Gasteiger partial charge in [0.2, 0.25) is 0 Å². The summed E-state index contributed by atoms with van der Waals surface area (Å²) in [5, 5.41) is 0. The van der Waals surface area contributed by atoms with Crippen LogP contribution in [0.1, 0.15) is 52.9 Å².